The molecule has 0 spiro atoms. The van der Waals surface area contributed by atoms with Crippen LogP contribution in [0.25, 0.3) is 0 Å². The minimum absolute atomic E-state index is 0.222. The van der Waals surface area contributed by atoms with Gasteiger partial charge in [-0.05, 0) is 18.6 Å². The maximum Gasteiger partial charge on any atom is 0.433 e. The van der Waals surface area contributed by atoms with Gasteiger partial charge in [-0.3, -0.25) is 0 Å². The van der Waals surface area contributed by atoms with Crippen LogP contribution in [0.15, 0.2) is 18.2 Å². The average molecular weight is 323 g/mol. The topological polar surface area (TPSA) is 53.5 Å². The van der Waals surface area contributed by atoms with Crippen LogP contribution in [-0.2, 0) is 16.2 Å². The highest BCUT2D eigenvalue weighted by molar-refractivity contribution is 7.88. The molecule has 0 saturated carbocycles. The van der Waals surface area contributed by atoms with E-state index in [1.807, 2.05) is 0 Å². The normalized spacial score (nSPS) is 18.6. The lowest BCUT2D eigenvalue weighted by atomic mass is 10.3. The van der Waals surface area contributed by atoms with Crippen LogP contribution in [0.1, 0.15) is 12.1 Å². The Morgan fingerprint density at radius 1 is 1.14 bits per heavy atom. The first-order valence-corrected chi connectivity index (χ1v) is 8.27. The van der Waals surface area contributed by atoms with Crippen LogP contribution in [0.4, 0.5) is 19.0 Å². The molecule has 1 aromatic heterocycles. The summed E-state index contributed by atoms with van der Waals surface area (Å²) in [5.74, 6) is 0.222. The summed E-state index contributed by atoms with van der Waals surface area (Å²) in [5, 5.41) is 0. The minimum Gasteiger partial charge on any atom is -0.355 e. The van der Waals surface area contributed by atoms with Gasteiger partial charge in [-0.15, -0.1) is 0 Å². The number of sulfonamides is 1. The van der Waals surface area contributed by atoms with E-state index in [9.17, 15) is 21.6 Å². The van der Waals surface area contributed by atoms with Gasteiger partial charge < -0.3 is 4.90 Å². The van der Waals surface area contributed by atoms with Crippen molar-refractivity contribution in [3.05, 3.63) is 23.9 Å². The molecule has 0 aliphatic carbocycles. The molecule has 2 heterocycles. The van der Waals surface area contributed by atoms with Gasteiger partial charge >= 0.3 is 6.18 Å². The molecule has 0 aromatic carbocycles. The Labute approximate surface area is 121 Å². The lowest BCUT2D eigenvalue weighted by Crippen LogP contribution is -2.34. The van der Waals surface area contributed by atoms with Crippen LogP contribution >= 0.6 is 0 Å². The van der Waals surface area contributed by atoms with Gasteiger partial charge in [0, 0.05) is 26.2 Å². The molecule has 1 fully saturated rings. The van der Waals surface area contributed by atoms with Crippen molar-refractivity contribution in [2.24, 2.45) is 0 Å². The summed E-state index contributed by atoms with van der Waals surface area (Å²) < 4.78 is 62.4. The summed E-state index contributed by atoms with van der Waals surface area (Å²) in [6.45, 7) is 1.41. The van der Waals surface area contributed by atoms with Crippen molar-refractivity contribution in [1.29, 1.82) is 0 Å². The lowest BCUT2D eigenvalue weighted by Gasteiger charge is -2.22. The zero-order chi connectivity index (χ0) is 15.7. The predicted molar refractivity (Wildman–Crippen MR) is 72.5 cm³/mol. The molecule has 0 atom stereocenters. The van der Waals surface area contributed by atoms with Gasteiger partial charge in [0.25, 0.3) is 0 Å². The van der Waals surface area contributed by atoms with Crippen LogP contribution in [0.5, 0.6) is 0 Å². The van der Waals surface area contributed by atoms with Gasteiger partial charge in [0.2, 0.25) is 10.0 Å². The van der Waals surface area contributed by atoms with E-state index in [1.54, 1.807) is 4.90 Å². The summed E-state index contributed by atoms with van der Waals surface area (Å²) in [6, 6.07) is 3.74. The fraction of sp³-hybridized carbons (Fsp3) is 0.583. The van der Waals surface area contributed by atoms with Gasteiger partial charge in [0.05, 0.1) is 6.26 Å². The van der Waals surface area contributed by atoms with Gasteiger partial charge in [0.1, 0.15) is 11.5 Å². The van der Waals surface area contributed by atoms with Crippen molar-refractivity contribution < 1.29 is 21.6 Å². The van der Waals surface area contributed by atoms with Crippen molar-refractivity contribution >= 4 is 15.8 Å². The molecule has 118 valence electrons. The number of rotatable bonds is 2. The fourth-order valence-electron chi connectivity index (χ4n) is 2.21. The number of pyridine rings is 1. The van der Waals surface area contributed by atoms with E-state index in [-0.39, 0.29) is 12.4 Å². The zero-order valence-corrected chi connectivity index (χ0v) is 12.3. The number of alkyl halides is 3. The van der Waals surface area contributed by atoms with E-state index in [0.717, 1.165) is 12.3 Å². The number of halogens is 3. The third-order valence-corrected chi connectivity index (χ3v) is 4.58. The number of aromatic nitrogens is 1. The molecule has 0 N–H and O–H groups in total. The molecule has 0 unspecified atom stereocenters. The summed E-state index contributed by atoms with van der Waals surface area (Å²) in [6.07, 6.45) is -2.81. The smallest absolute Gasteiger partial charge is 0.355 e. The van der Waals surface area contributed by atoms with Crippen molar-refractivity contribution in [1.82, 2.24) is 9.29 Å². The molecule has 0 bridgehead atoms. The van der Waals surface area contributed by atoms with E-state index < -0.39 is 21.9 Å². The van der Waals surface area contributed by atoms with Crippen LogP contribution < -0.4 is 4.90 Å². The van der Waals surface area contributed by atoms with Crippen LogP contribution in [-0.4, -0.2) is 50.1 Å². The second-order valence-corrected chi connectivity index (χ2v) is 6.86. The molecular formula is C12H16F3N3O2S. The van der Waals surface area contributed by atoms with Crippen LogP contribution in [0, 0.1) is 0 Å². The van der Waals surface area contributed by atoms with Crippen molar-refractivity contribution in [3.8, 4) is 0 Å². The van der Waals surface area contributed by atoms with Gasteiger partial charge in [0.15, 0.2) is 0 Å². The Hall–Kier alpha value is -1.35. The molecule has 1 aromatic rings. The maximum absolute atomic E-state index is 12.7. The summed E-state index contributed by atoms with van der Waals surface area (Å²) in [4.78, 5) is 5.31. The molecule has 2 rings (SSSR count). The summed E-state index contributed by atoms with van der Waals surface area (Å²) >= 11 is 0. The number of nitrogens with zero attached hydrogens (tertiary/aromatic N) is 3. The molecule has 9 heteroatoms. The Morgan fingerprint density at radius 3 is 2.48 bits per heavy atom. The third kappa shape index (κ3) is 4.07. The van der Waals surface area contributed by atoms with Gasteiger partial charge in [-0.25, -0.2) is 17.7 Å². The molecular weight excluding hydrogens is 307 g/mol. The molecule has 0 radical (unpaired) electrons. The van der Waals surface area contributed by atoms with E-state index in [2.05, 4.69) is 4.98 Å². The molecule has 5 nitrogen and oxygen atoms in total. The second-order valence-electron chi connectivity index (χ2n) is 4.88. The highest BCUT2D eigenvalue weighted by Crippen LogP contribution is 2.29. The molecule has 1 aliphatic rings. The Morgan fingerprint density at radius 2 is 1.86 bits per heavy atom. The van der Waals surface area contributed by atoms with Crippen LogP contribution in [0.2, 0.25) is 0 Å². The highest BCUT2D eigenvalue weighted by Gasteiger charge is 2.33. The Bertz CT molecular complexity index is 604. The standard InChI is InChI=1S/C12H16F3N3O2S/c1-21(19,20)18-7-3-6-17(8-9-18)11-5-2-4-10(16-11)12(13,14)15/h2,4-5H,3,6-9H2,1H3. The Balaban J connectivity index is 2.16. The largest absolute Gasteiger partial charge is 0.433 e. The van der Waals surface area contributed by atoms with Gasteiger partial charge in [-0.2, -0.15) is 13.2 Å². The monoisotopic (exact) mass is 323 g/mol. The first-order valence-electron chi connectivity index (χ1n) is 6.42. The molecule has 21 heavy (non-hydrogen) atoms. The summed E-state index contributed by atoms with van der Waals surface area (Å²) in [7, 11) is -3.28. The Kier molecular flexibility index (Phi) is 4.43. The van der Waals surface area contributed by atoms with E-state index >= 15 is 0 Å². The van der Waals surface area contributed by atoms with Crippen molar-refractivity contribution in [3.63, 3.8) is 0 Å². The van der Waals surface area contributed by atoms with E-state index in [4.69, 9.17) is 0 Å². The molecule has 1 saturated heterocycles. The zero-order valence-electron chi connectivity index (χ0n) is 11.5. The molecule has 0 amide bonds. The minimum atomic E-state index is -4.49. The third-order valence-electron chi connectivity index (χ3n) is 3.27. The fourth-order valence-corrected chi connectivity index (χ4v) is 3.09. The van der Waals surface area contributed by atoms with Crippen molar-refractivity contribution in [2.75, 3.05) is 37.3 Å². The maximum atomic E-state index is 12.7. The SMILES string of the molecule is CS(=O)(=O)N1CCCN(c2cccc(C(F)(F)F)n2)CC1. The summed E-state index contributed by atoms with van der Waals surface area (Å²) in [5.41, 5.74) is -0.941. The van der Waals surface area contributed by atoms with Crippen molar-refractivity contribution in [2.45, 2.75) is 12.6 Å². The number of hydrogen-bond donors (Lipinski definition) is 0. The number of anilines is 1. The van der Waals surface area contributed by atoms with E-state index in [0.29, 0.717) is 26.1 Å². The first kappa shape index (κ1) is 16.0. The molecule has 1 aliphatic heterocycles. The van der Waals surface area contributed by atoms with Gasteiger partial charge in [-0.1, -0.05) is 6.07 Å². The average Bonchev–Trinajstić information content (AvgIpc) is 2.63. The first-order chi connectivity index (χ1) is 9.68. The number of hydrogen-bond acceptors (Lipinski definition) is 4. The highest BCUT2D eigenvalue weighted by atomic mass is 32.2. The van der Waals surface area contributed by atoms with E-state index in [1.165, 1.54) is 16.4 Å². The lowest BCUT2D eigenvalue weighted by molar-refractivity contribution is -0.141. The second kappa shape index (κ2) is 5.80. The predicted octanol–water partition coefficient (Wildman–Crippen LogP) is 1.57. The van der Waals surface area contributed by atoms with Crippen LogP contribution in [0.3, 0.4) is 0 Å². The quantitative estimate of drug-likeness (QED) is 0.829.